The molecule has 0 saturated heterocycles. The van der Waals surface area contributed by atoms with E-state index in [1.54, 1.807) is 0 Å². The highest BCUT2D eigenvalue weighted by atomic mass is 16.4. The zero-order chi connectivity index (χ0) is 11.9. The van der Waals surface area contributed by atoms with Crippen LogP contribution in [-0.2, 0) is 11.2 Å². The number of nitrogens with zero attached hydrogens (tertiary/aromatic N) is 2. The maximum atomic E-state index is 11.0. The lowest BCUT2D eigenvalue weighted by Gasteiger charge is -2.34. The molecule has 1 aliphatic carbocycles. The summed E-state index contributed by atoms with van der Waals surface area (Å²) in [6, 6.07) is 0.0662. The zero-order valence-corrected chi connectivity index (χ0v) is 10.0. The van der Waals surface area contributed by atoms with Crippen LogP contribution in [0.3, 0.4) is 0 Å². The van der Waals surface area contributed by atoms with E-state index in [9.17, 15) is 4.79 Å². The van der Waals surface area contributed by atoms with Gasteiger partial charge in [-0.15, -0.1) is 0 Å². The fraction of sp³-hybridized carbons (Fsp3) is 0.667. The Morgan fingerprint density at radius 2 is 2.19 bits per heavy atom. The molecule has 0 amide bonds. The molecule has 1 saturated carbocycles. The van der Waals surface area contributed by atoms with Gasteiger partial charge in [-0.1, -0.05) is 6.92 Å². The van der Waals surface area contributed by atoms with Crippen LogP contribution in [0.5, 0.6) is 0 Å². The van der Waals surface area contributed by atoms with Gasteiger partial charge in [0.15, 0.2) is 0 Å². The number of rotatable bonds is 3. The molecule has 0 aliphatic heterocycles. The third-order valence-corrected chi connectivity index (χ3v) is 3.70. The molecule has 1 N–H and O–H groups in total. The third-order valence-electron chi connectivity index (χ3n) is 3.70. The number of carboxylic acids is 1. The number of carboxylic acid groups (broad SMARTS) is 1. The van der Waals surface area contributed by atoms with Crippen LogP contribution < -0.4 is 0 Å². The van der Waals surface area contributed by atoms with Crippen LogP contribution in [0, 0.1) is 19.8 Å². The highest BCUT2D eigenvalue weighted by molar-refractivity contribution is 5.71. The topological polar surface area (TPSA) is 55.1 Å². The molecule has 1 aliphatic rings. The van der Waals surface area contributed by atoms with Gasteiger partial charge >= 0.3 is 5.97 Å². The van der Waals surface area contributed by atoms with Gasteiger partial charge in [0.05, 0.1) is 17.7 Å². The van der Waals surface area contributed by atoms with E-state index in [4.69, 9.17) is 5.11 Å². The minimum absolute atomic E-state index is 0.0662. The molecule has 4 heteroatoms. The summed E-state index contributed by atoms with van der Waals surface area (Å²) in [5, 5.41) is 13.5. The molecular formula is C12H18N2O2. The molecule has 1 heterocycles. The molecule has 0 bridgehead atoms. The lowest BCUT2D eigenvalue weighted by molar-refractivity contribution is -0.147. The van der Waals surface area contributed by atoms with Crippen LogP contribution in [0.2, 0.25) is 0 Å². The van der Waals surface area contributed by atoms with Gasteiger partial charge in [-0.25, -0.2) is 0 Å². The van der Waals surface area contributed by atoms with E-state index in [1.165, 1.54) is 5.56 Å². The Hall–Kier alpha value is -1.32. The zero-order valence-electron chi connectivity index (χ0n) is 10.0. The van der Waals surface area contributed by atoms with Gasteiger partial charge in [0.25, 0.3) is 0 Å². The Bertz CT molecular complexity index is 423. The van der Waals surface area contributed by atoms with Crippen LogP contribution >= 0.6 is 0 Å². The predicted molar refractivity (Wildman–Crippen MR) is 60.5 cm³/mol. The summed E-state index contributed by atoms with van der Waals surface area (Å²) in [5.41, 5.74) is 3.43. The molecule has 2 atom stereocenters. The average molecular weight is 222 g/mol. The van der Waals surface area contributed by atoms with Gasteiger partial charge in [-0.2, -0.15) is 5.10 Å². The van der Waals surface area contributed by atoms with Gasteiger partial charge in [0, 0.05) is 5.69 Å². The predicted octanol–water partition coefficient (Wildman–Crippen LogP) is 2.10. The molecule has 0 radical (unpaired) electrons. The second kappa shape index (κ2) is 3.92. The first-order valence-corrected chi connectivity index (χ1v) is 5.83. The van der Waals surface area contributed by atoms with Gasteiger partial charge in [0.1, 0.15) is 0 Å². The van der Waals surface area contributed by atoms with Gasteiger partial charge in [-0.05, 0) is 38.7 Å². The first kappa shape index (κ1) is 11.2. The summed E-state index contributed by atoms with van der Waals surface area (Å²) in [4.78, 5) is 11.0. The highest BCUT2D eigenvalue weighted by Gasteiger charge is 2.39. The first-order valence-electron chi connectivity index (χ1n) is 5.83. The second-order valence-corrected chi connectivity index (χ2v) is 4.54. The Morgan fingerprint density at radius 1 is 1.50 bits per heavy atom. The Balaban J connectivity index is 2.31. The van der Waals surface area contributed by atoms with Crippen molar-refractivity contribution in [2.24, 2.45) is 5.92 Å². The number of aliphatic carboxylic acids is 1. The molecule has 16 heavy (non-hydrogen) atoms. The molecule has 1 fully saturated rings. The van der Waals surface area contributed by atoms with E-state index < -0.39 is 5.97 Å². The van der Waals surface area contributed by atoms with Crippen molar-refractivity contribution in [2.75, 3.05) is 0 Å². The molecule has 2 rings (SSSR count). The number of aromatic nitrogens is 2. The molecular weight excluding hydrogens is 204 g/mol. The molecule has 0 spiro atoms. The minimum atomic E-state index is -0.693. The minimum Gasteiger partial charge on any atom is -0.481 e. The van der Waals surface area contributed by atoms with Crippen LogP contribution in [0.25, 0.3) is 0 Å². The maximum Gasteiger partial charge on any atom is 0.308 e. The molecule has 2 unspecified atom stereocenters. The second-order valence-electron chi connectivity index (χ2n) is 4.54. The van der Waals surface area contributed by atoms with Crippen molar-refractivity contribution in [1.82, 2.24) is 9.78 Å². The van der Waals surface area contributed by atoms with Crippen molar-refractivity contribution >= 4 is 5.97 Å². The van der Waals surface area contributed by atoms with E-state index in [-0.39, 0.29) is 12.0 Å². The molecule has 1 aromatic rings. The fourth-order valence-corrected chi connectivity index (χ4v) is 2.59. The Morgan fingerprint density at radius 3 is 2.56 bits per heavy atom. The lowest BCUT2D eigenvalue weighted by atomic mass is 9.79. The van der Waals surface area contributed by atoms with E-state index in [0.29, 0.717) is 0 Å². The summed E-state index contributed by atoms with van der Waals surface area (Å²) >= 11 is 0. The van der Waals surface area contributed by atoms with Crippen molar-refractivity contribution in [3.8, 4) is 0 Å². The quantitative estimate of drug-likeness (QED) is 0.852. The van der Waals surface area contributed by atoms with Crippen molar-refractivity contribution in [3.05, 3.63) is 17.0 Å². The standard InChI is InChI=1S/C12H18N2O2/c1-4-9-7(2)13-14(8(9)3)11-6-5-10(11)12(15)16/h10-11H,4-6H2,1-3H3,(H,15,16). The van der Waals surface area contributed by atoms with Gasteiger partial charge in [-0.3, -0.25) is 9.48 Å². The number of hydrogen-bond donors (Lipinski definition) is 1. The van der Waals surface area contributed by atoms with E-state index in [1.807, 2.05) is 18.5 Å². The summed E-state index contributed by atoms with van der Waals surface area (Å²) < 4.78 is 1.93. The summed E-state index contributed by atoms with van der Waals surface area (Å²) in [5.74, 6) is -0.940. The van der Waals surface area contributed by atoms with E-state index in [0.717, 1.165) is 30.7 Å². The largest absolute Gasteiger partial charge is 0.481 e. The van der Waals surface area contributed by atoms with E-state index in [2.05, 4.69) is 12.0 Å². The number of hydrogen-bond acceptors (Lipinski definition) is 2. The summed E-state index contributed by atoms with van der Waals surface area (Å²) in [7, 11) is 0. The summed E-state index contributed by atoms with van der Waals surface area (Å²) in [6.07, 6.45) is 2.67. The maximum absolute atomic E-state index is 11.0. The van der Waals surface area contributed by atoms with Crippen LogP contribution in [0.4, 0.5) is 0 Å². The normalized spacial score (nSPS) is 24.2. The van der Waals surface area contributed by atoms with Crippen LogP contribution in [0.15, 0.2) is 0 Å². The van der Waals surface area contributed by atoms with Crippen molar-refractivity contribution in [3.63, 3.8) is 0 Å². The summed E-state index contributed by atoms with van der Waals surface area (Å²) in [6.45, 7) is 6.14. The highest BCUT2D eigenvalue weighted by Crippen LogP contribution is 2.39. The SMILES string of the molecule is CCc1c(C)nn(C2CCC2C(=O)O)c1C. The lowest BCUT2D eigenvalue weighted by Crippen LogP contribution is -2.36. The van der Waals surface area contributed by atoms with Crippen molar-refractivity contribution < 1.29 is 9.90 Å². The fourth-order valence-electron chi connectivity index (χ4n) is 2.59. The number of carbonyl (C=O) groups is 1. The monoisotopic (exact) mass is 222 g/mol. The smallest absolute Gasteiger partial charge is 0.308 e. The van der Waals surface area contributed by atoms with E-state index >= 15 is 0 Å². The van der Waals surface area contributed by atoms with Crippen molar-refractivity contribution in [1.29, 1.82) is 0 Å². The first-order chi connectivity index (χ1) is 7.56. The molecule has 88 valence electrons. The number of aryl methyl sites for hydroxylation is 1. The van der Waals surface area contributed by atoms with Gasteiger partial charge in [0.2, 0.25) is 0 Å². The molecule has 1 aromatic heterocycles. The van der Waals surface area contributed by atoms with Gasteiger partial charge < -0.3 is 5.11 Å². The molecule has 4 nitrogen and oxygen atoms in total. The van der Waals surface area contributed by atoms with Crippen molar-refractivity contribution in [2.45, 2.75) is 46.1 Å². The van der Waals surface area contributed by atoms with Crippen LogP contribution in [0.1, 0.15) is 42.8 Å². The third kappa shape index (κ3) is 1.52. The Labute approximate surface area is 95.3 Å². The molecule has 0 aromatic carbocycles. The van der Waals surface area contributed by atoms with Crippen LogP contribution in [-0.4, -0.2) is 20.9 Å². The average Bonchev–Trinajstić information content (AvgIpc) is 2.39. The Kier molecular flexibility index (Phi) is 2.74.